The minimum Gasteiger partial charge on any atom is -0.491 e. The quantitative estimate of drug-likeness (QED) is 0.814. The summed E-state index contributed by atoms with van der Waals surface area (Å²) >= 11 is 1.45. The van der Waals surface area contributed by atoms with Gasteiger partial charge in [0.2, 0.25) is 0 Å². The van der Waals surface area contributed by atoms with E-state index in [2.05, 4.69) is 0 Å². The van der Waals surface area contributed by atoms with E-state index in [1.807, 2.05) is 52.4 Å². The summed E-state index contributed by atoms with van der Waals surface area (Å²) in [7, 11) is 0. The number of thiophene rings is 1. The second kappa shape index (κ2) is 7.11. The molecular weight excluding hydrogens is 348 g/mol. The van der Waals surface area contributed by atoms with Gasteiger partial charge in [0.15, 0.2) is 0 Å². The van der Waals surface area contributed by atoms with Crippen LogP contribution < -0.4 is 4.74 Å². The Morgan fingerprint density at radius 2 is 1.96 bits per heavy atom. The van der Waals surface area contributed by atoms with Crippen LogP contribution in [0.2, 0.25) is 0 Å². The smallest absolute Gasteiger partial charge is 0.264 e. The molecule has 3 heterocycles. The summed E-state index contributed by atoms with van der Waals surface area (Å²) in [4.78, 5) is 30.0. The Kier molecular flexibility index (Phi) is 4.68. The topological polar surface area (TPSA) is 49.9 Å². The molecule has 1 aromatic carbocycles. The third kappa shape index (κ3) is 3.21. The summed E-state index contributed by atoms with van der Waals surface area (Å²) in [5.41, 5.74) is 1.57. The van der Waals surface area contributed by atoms with Crippen LogP contribution in [0.1, 0.15) is 45.4 Å². The highest BCUT2D eigenvalue weighted by Crippen LogP contribution is 2.28. The van der Waals surface area contributed by atoms with Crippen LogP contribution in [0.25, 0.3) is 0 Å². The van der Waals surface area contributed by atoms with Crippen molar-refractivity contribution >= 4 is 23.2 Å². The Hall–Kier alpha value is -2.34. The van der Waals surface area contributed by atoms with Gasteiger partial charge in [-0.2, -0.15) is 0 Å². The van der Waals surface area contributed by atoms with Gasteiger partial charge in [-0.05, 0) is 49.4 Å². The van der Waals surface area contributed by atoms with Gasteiger partial charge in [0, 0.05) is 24.2 Å². The third-order valence-electron chi connectivity index (χ3n) is 5.05. The molecule has 5 nitrogen and oxygen atoms in total. The minimum absolute atomic E-state index is 0.0141. The normalized spacial score (nSPS) is 19.7. The number of benzene rings is 1. The molecule has 136 valence electrons. The fourth-order valence-electron chi connectivity index (χ4n) is 3.53. The first-order valence-corrected chi connectivity index (χ1v) is 9.91. The highest BCUT2D eigenvalue weighted by atomic mass is 32.1. The molecule has 2 aromatic rings. The number of rotatable bonds is 2. The molecule has 2 aliphatic rings. The second-order valence-corrected chi connectivity index (χ2v) is 7.84. The molecule has 1 saturated heterocycles. The molecule has 1 fully saturated rings. The number of hydrogen-bond acceptors (Lipinski definition) is 4. The number of likely N-dealkylation sites (tertiary alicyclic amines) is 1. The SMILES string of the molecule is C[C@H]1COc2ccc(C(=O)N3CCCC3)cc2CN1C(=O)c1cccs1. The van der Waals surface area contributed by atoms with Crippen LogP contribution >= 0.6 is 11.3 Å². The zero-order chi connectivity index (χ0) is 18.1. The number of carbonyl (C=O) groups is 2. The van der Waals surface area contributed by atoms with Crippen LogP contribution in [-0.2, 0) is 6.54 Å². The van der Waals surface area contributed by atoms with Crippen molar-refractivity contribution < 1.29 is 14.3 Å². The molecule has 26 heavy (non-hydrogen) atoms. The average Bonchev–Trinajstić information content (AvgIpc) is 3.34. The summed E-state index contributed by atoms with van der Waals surface area (Å²) in [6.07, 6.45) is 2.14. The van der Waals surface area contributed by atoms with Crippen molar-refractivity contribution in [3.63, 3.8) is 0 Å². The predicted molar refractivity (Wildman–Crippen MR) is 101 cm³/mol. The standard InChI is InChI=1S/C20H22N2O3S/c1-14-13-25-17-7-6-15(19(23)21-8-2-3-9-21)11-16(17)12-22(14)20(24)18-5-4-10-26-18/h4-7,10-11,14H,2-3,8-9,12-13H2,1H3/t14-/m0/s1. The molecule has 2 amide bonds. The van der Waals surface area contributed by atoms with Gasteiger partial charge in [0.05, 0.1) is 17.5 Å². The lowest BCUT2D eigenvalue weighted by Crippen LogP contribution is -2.39. The Bertz CT molecular complexity index is 812. The van der Waals surface area contributed by atoms with Crippen molar-refractivity contribution in [1.29, 1.82) is 0 Å². The van der Waals surface area contributed by atoms with E-state index < -0.39 is 0 Å². The highest BCUT2D eigenvalue weighted by Gasteiger charge is 2.28. The van der Waals surface area contributed by atoms with Crippen molar-refractivity contribution in [2.75, 3.05) is 19.7 Å². The number of fused-ring (bicyclic) bond motifs is 1. The lowest BCUT2D eigenvalue weighted by Gasteiger charge is -2.25. The molecular formula is C20H22N2O3S. The van der Waals surface area contributed by atoms with Gasteiger partial charge in [-0.25, -0.2) is 0 Å². The van der Waals surface area contributed by atoms with Crippen LogP contribution in [0.3, 0.4) is 0 Å². The Morgan fingerprint density at radius 3 is 2.69 bits per heavy atom. The maximum absolute atomic E-state index is 12.9. The largest absolute Gasteiger partial charge is 0.491 e. The summed E-state index contributed by atoms with van der Waals surface area (Å²) in [5.74, 6) is 0.843. The van der Waals surface area contributed by atoms with Gasteiger partial charge >= 0.3 is 0 Å². The summed E-state index contributed by atoms with van der Waals surface area (Å²) in [6.45, 7) is 4.55. The fourth-order valence-corrected chi connectivity index (χ4v) is 4.21. The summed E-state index contributed by atoms with van der Waals surface area (Å²) < 4.78 is 5.90. The van der Waals surface area contributed by atoms with Crippen molar-refractivity contribution in [2.24, 2.45) is 0 Å². The molecule has 4 rings (SSSR count). The Morgan fingerprint density at radius 1 is 1.15 bits per heavy atom. The van der Waals surface area contributed by atoms with E-state index in [4.69, 9.17) is 4.74 Å². The Balaban J connectivity index is 1.61. The predicted octanol–water partition coefficient (Wildman–Crippen LogP) is 3.41. The molecule has 6 heteroatoms. The molecule has 0 saturated carbocycles. The molecule has 0 unspecified atom stereocenters. The zero-order valence-corrected chi connectivity index (χ0v) is 15.6. The van der Waals surface area contributed by atoms with E-state index in [1.54, 1.807) is 0 Å². The number of carbonyl (C=O) groups excluding carboxylic acids is 2. The Labute approximate surface area is 157 Å². The van der Waals surface area contributed by atoms with E-state index >= 15 is 0 Å². The number of amides is 2. The lowest BCUT2D eigenvalue weighted by molar-refractivity contribution is 0.0650. The first-order chi connectivity index (χ1) is 12.6. The van der Waals surface area contributed by atoms with E-state index in [0.29, 0.717) is 18.7 Å². The molecule has 0 spiro atoms. The third-order valence-corrected chi connectivity index (χ3v) is 5.90. The van der Waals surface area contributed by atoms with Crippen LogP contribution in [0.5, 0.6) is 5.75 Å². The molecule has 0 N–H and O–H groups in total. The zero-order valence-electron chi connectivity index (χ0n) is 14.8. The van der Waals surface area contributed by atoms with E-state index in [9.17, 15) is 9.59 Å². The molecule has 0 radical (unpaired) electrons. The summed E-state index contributed by atoms with van der Waals surface area (Å²) in [6, 6.07) is 9.29. The van der Waals surface area contributed by atoms with Gasteiger partial charge in [0.1, 0.15) is 12.4 Å². The second-order valence-electron chi connectivity index (χ2n) is 6.89. The monoisotopic (exact) mass is 370 g/mol. The van der Waals surface area contributed by atoms with Crippen molar-refractivity contribution in [1.82, 2.24) is 9.80 Å². The summed E-state index contributed by atoms with van der Waals surface area (Å²) in [5, 5.41) is 1.91. The molecule has 0 bridgehead atoms. The van der Waals surface area contributed by atoms with Crippen LogP contribution in [0.15, 0.2) is 35.7 Å². The molecule has 1 aromatic heterocycles. The first-order valence-electron chi connectivity index (χ1n) is 9.03. The van der Waals surface area contributed by atoms with Gasteiger partial charge < -0.3 is 14.5 Å². The lowest BCUT2D eigenvalue weighted by atomic mass is 10.1. The minimum atomic E-state index is -0.0327. The number of hydrogen-bond donors (Lipinski definition) is 0. The maximum atomic E-state index is 12.9. The highest BCUT2D eigenvalue weighted by molar-refractivity contribution is 7.12. The molecule has 0 aliphatic carbocycles. The van der Waals surface area contributed by atoms with E-state index in [1.165, 1.54) is 11.3 Å². The number of nitrogens with zero attached hydrogens (tertiary/aromatic N) is 2. The van der Waals surface area contributed by atoms with Crippen LogP contribution in [-0.4, -0.2) is 47.4 Å². The van der Waals surface area contributed by atoms with Crippen molar-refractivity contribution in [3.8, 4) is 5.75 Å². The van der Waals surface area contributed by atoms with Crippen molar-refractivity contribution in [2.45, 2.75) is 32.4 Å². The first kappa shape index (κ1) is 17.1. The molecule has 2 aliphatic heterocycles. The number of ether oxygens (including phenoxy) is 1. The van der Waals surface area contributed by atoms with Crippen molar-refractivity contribution in [3.05, 3.63) is 51.7 Å². The molecule has 1 atom stereocenters. The van der Waals surface area contributed by atoms with E-state index in [-0.39, 0.29) is 17.9 Å². The van der Waals surface area contributed by atoms with E-state index in [0.717, 1.165) is 42.1 Å². The van der Waals surface area contributed by atoms with Gasteiger partial charge in [-0.15, -0.1) is 11.3 Å². The fraction of sp³-hybridized carbons (Fsp3) is 0.400. The average molecular weight is 370 g/mol. The maximum Gasteiger partial charge on any atom is 0.264 e. The van der Waals surface area contributed by atoms with Crippen LogP contribution in [0, 0.1) is 0 Å². The van der Waals surface area contributed by atoms with Gasteiger partial charge in [-0.1, -0.05) is 6.07 Å². The van der Waals surface area contributed by atoms with Crippen LogP contribution in [0.4, 0.5) is 0 Å². The van der Waals surface area contributed by atoms with Gasteiger partial charge in [-0.3, -0.25) is 9.59 Å². The van der Waals surface area contributed by atoms with Gasteiger partial charge in [0.25, 0.3) is 11.8 Å².